The van der Waals surface area contributed by atoms with Crippen molar-refractivity contribution in [3.8, 4) is 5.75 Å². The minimum Gasteiger partial charge on any atom is -0.492 e. The lowest BCUT2D eigenvalue weighted by Gasteiger charge is -2.13. The molecule has 0 fully saturated rings. The Morgan fingerprint density at radius 3 is 2.60 bits per heavy atom. The normalized spacial score (nSPS) is 11.9. The summed E-state index contributed by atoms with van der Waals surface area (Å²) < 4.78 is 5.57. The Hall–Kier alpha value is -1.32. The van der Waals surface area contributed by atoms with Gasteiger partial charge in [-0.2, -0.15) is 0 Å². The first kappa shape index (κ1) is 11.8. The molecule has 1 atom stereocenters. The van der Waals surface area contributed by atoms with E-state index in [0.717, 1.165) is 5.75 Å². The molecule has 3 nitrogen and oxygen atoms in total. The molecule has 0 aliphatic carbocycles. The number of nitrogens with two attached hydrogens (primary N) is 1. The third kappa shape index (κ3) is 4.63. The van der Waals surface area contributed by atoms with Gasteiger partial charge in [-0.15, -0.1) is 0 Å². The van der Waals surface area contributed by atoms with E-state index in [0.29, 0.717) is 6.61 Å². The van der Waals surface area contributed by atoms with Crippen molar-refractivity contribution < 1.29 is 4.74 Å². The number of nitrogens with one attached hydrogen (secondary N) is 1. The van der Waals surface area contributed by atoms with Crippen LogP contribution in [0.1, 0.15) is 13.8 Å². The van der Waals surface area contributed by atoms with E-state index >= 15 is 0 Å². The van der Waals surface area contributed by atoms with Crippen LogP contribution in [0.15, 0.2) is 42.0 Å². The summed E-state index contributed by atoms with van der Waals surface area (Å²) in [5, 5.41) is 0. The molecule has 0 heterocycles. The van der Waals surface area contributed by atoms with Crippen molar-refractivity contribution in [1.29, 1.82) is 0 Å². The molecule has 0 amide bonds. The summed E-state index contributed by atoms with van der Waals surface area (Å²) in [6.45, 7) is 4.60. The number of benzene rings is 1. The second-order valence-electron chi connectivity index (χ2n) is 3.64. The van der Waals surface area contributed by atoms with Gasteiger partial charge in [-0.25, -0.2) is 0 Å². The Labute approximate surface area is 90.9 Å². The maximum Gasteiger partial charge on any atom is 0.119 e. The Morgan fingerprint density at radius 1 is 1.40 bits per heavy atom. The third-order valence-electron chi connectivity index (χ3n) is 1.92. The van der Waals surface area contributed by atoms with Crippen LogP contribution in [-0.4, -0.2) is 12.6 Å². The first-order valence-corrected chi connectivity index (χ1v) is 5.01. The van der Waals surface area contributed by atoms with Gasteiger partial charge in [0.05, 0.1) is 6.04 Å². The summed E-state index contributed by atoms with van der Waals surface area (Å²) in [5.41, 5.74) is 3.92. The highest BCUT2D eigenvalue weighted by Crippen LogP contribution is 2.08. The van der Waals surface area contributed by atoms with Crippen LogP contribution in [0.4, 0.5) is 0 Å². The second kappa shape index (κ2) is 6.22. The lowest BCUT2D eigenvalue weighted by Crippen LogP contribution is -2.38. The number of rotatable bonds is 5. The first-order chi connectivity index (χ1) is 7.22. The van der Waals surface area contributed by atoms with Gasteiger partial charge in [0.15, 0.2) is 0 Å². The molecule has 0 bridgehead atoms. The van der Waals surface area contributed by atoms with E-state index in [1.807, 2.05) is 50.3 Å². The van der Waals surface area contributed by atoms with E-state index in [1.54, 1.807) is 0 Å². The van der Waals surface area contributed by atoms with Gasteiger partial charge in [0.2, 0.25) is 0 Å². The maximum absolute atomic E-state index is 5.57. The molecule has 0 saturated heterocycles. The molecule has 1 rings (SSSR count). The van der Waals surface area contributed by atoms with Crippen molar-refractivity contribution in [2.75, 3.05) is 6.61 Å². The zero-order valence-corrected chi connectivity index (χ0v) is 9.23. The molecule has 0 aliphatic heterocycles. The Kier molecular flexibility index (Phi) is 4.87. The van der Waals surface area contributed by atoms with Crippen LogP contribution in [0.25, 0.3) is 0 Å². The summed E-state index contributed by atoms with van der Waals surface area (Å²) >= 11 is 0. The number of ether oxygens (including phenoxy) is 1. The fourth-order valence-electron chi connectivity index (χ4n) is 1.25. The van der Waals surface area contributed by atoms with Crippen LogP contribution in [0.3, 0.4) is 0 Å². The van der Waals surface area contributed by atoms with Crippen molar-refractivity contribution in [2.45, 2.75) is 19.9 Å². The van der Waals surface area contributed by atoms with Gasteiger partial charge in [0, 0.05) is 0 Å². The van der Waals surface area contributed by atoms with Crippen LogP contribution in [0.2, 0.25) is 0 Å². The molecule has 1 aromatic carbocycles. The molecule has 0 radical (unpaired) electrons. The van der Waals surface area contributed by atoms with Crippen molar-refractivity contribution in [3.05, 3.63) is 42.0 Å². The van der Waals surface area contributed by atoms with Gasteiger partial charge in [-0.3, -0.25) is 11.3 Å². The second-order valence-corrected chi connectivity index (χ2v) is 3.64. The number of hydrogen-bond donors (Lipinski definition) is 2. The minimum atomic E-state index is 0.0511. The predicted molar refractivity (Wildman–Crippen MR) is 62.5 cm³/mol. The summed E-state index contributed by atoms with van der Waals surface area (Å²) in [6, 6.07) is 9.76. The molecule has 0 saturated carbocycles. The highest BCUT2D eigenvalue weighted by Gasteiger charge is 2.03. The molecule has 0 aromatic heterocycles. The molecule has 3 heteroatoms. The van der Waals surface area contributed by atoms with Crippen molar-refractivity contribution >= 4 is 0 Å². The zero-order chi connectivity index (χ0) is 11.1. The molecule has 3 N–H and O–H groups in total. The van der Waals surface area contributed by atoms with Crippen LogP contribution in [-0.2, 0) is 0 Å². The van der Waals surface area contributed by atoms with Crippen LogP contribution in [0, 0.1) is 0 Å². The highest BCUT2D eigenvalue weighted by atomic mass is 16.5. The minimum absolute atomic E-state index is 0.0511. The largest absolute Gasteiger partial charge is 0.492 e. The summed E-state index contributed by atoms with van der Waals surface area (Å²) in [4.78, 5) is 0. The zero-order valence-electron chi connectivity index (χ0n) is 9.23. The molecule has 1 aromatic rings. The van der Waals surface area contributed by atoms with Gasteiger partial charge in [0.25, 0.3) is 0 Å². The van der Waals surface area contributed by atoms with Crippen LogP contribution < -0.4 is 16.0 Å². The van der Waals surface area contributed by atoms with Crippen LogP contribution >= 0.6 is 0 Å². The van der Waals surface area contributed by atoms with Gasteiger partial charge < -0.3 is 4.74 Å². The highest BCUT2D eigenvalue weighted by molar-refractivity contribution is 5.21. The van der Waals surface area contributed by atoms with E-state index in [1.165, 1.54) is 5.57 Å². The molecular formula is C12H18N2O. The number of para-hydroxylation sites is 1. The molecule has 1 unspecified atom stereocenters. The van der Waals surface area contributed by atoms with Crippen molar-refractivity contribution in [2.24, 2.45) is 5.84 Å². The first-order valence-electron chi connectivity index (χ1n) is 5.01. The smallest absolute Gasteiger partial charge is 0.119 e. The van der Waals surface area contributed by atoms with E-state index < -0.39 is 0 Å². The summed E-state index contributed by atoms with van der Waals surface area (Å²) in [5.74, 6) is 6.27. The Morgan fingerprint density at radius 2 is 2.07 bits per heavy atom. The average Bonchev–Trinajstić information content (AvgIpc) is 2.25. The third-order valence-corrected chi connectivity index (χ3v) is 1.92. The number of hydrogen-bond acceptors (Lipinski definition) is 3. The molecule has 15 heavy (non-hydrogen) atoms. The van der Waals surface area contributed by atoms with Crippen LogP contribution in [0.5, 0.6) is 5.75 Å². The summed E-state index contributed by atoms with van der Waals surface area (Å²) in [6.07, 6.45) is 2.04. The molecule has 82 valence electrons. The monoisotopic (exact) mass is 206 g/mol. The van der Waals surface area contributed by atoms with Gasteiger partial charge in [-0.1, -0.05) is 29.8 Å². The van der Waals surface area contributed by atoms with E-state index in [4.69, 9.17) is 10.6 Å². The van der Waals surface area contributed by atoms with Gasteiger partial charge in [-0.05, 0) is 26.0 Å². The molecular weight excluding hydrogens is 188 g/mol. The van der Waals surface area contributed by atoms with E-state index in [-0.39, 0.29) is 6.04 Å². The molecule has 0 aliphatic rings. The lowest BCUT2D eigenvalue weighted by atomic mass is 10.2. The lowest BCUT2D eigenvalue weighted by molar-refractivity contribution is 0.287. The number of allylic oxidation sites excluding steroid dienone is 1. The predicted octanol–water partition coefficient (Wildman–Crippen LogP) is 1.86. The maximum atomic E-state index is 5.57. The van der Waals surface area contributed by atoms with Gasteiger partial charge in [0.1, 0.15) is 12.4 Å². The number of hydrazine groups is 1. The molecule has 0 spiro atoms. The Bertz CT molecular complexity index is 305. The fraction of sp³-hybridized carbons (Fsp3) is 0.333. The fourth-order valence-corrected chi connectivity index (χ4v) is 1.25. The van der Waals surface area contributed by atoms with E-state index in [9.17, 15) is 0 Å². The van der Waals surface area contributed by atoms with Crippen molar-refractivity contribution in [1.82, 2.24) is 5.43 Å². The Balaban J connectivity index is 2.45. The topological polar surface area (TPSA) is 47.3 Å². The SMILES string of the molecule is CC(C)=CC(COc1ccccc1)NN. The van der Waals surface area contributed by atoms with Crippen molar-refractivity contribution in [3.63, 3.8) is 0 Å². The standard InChI is InChI=1S/C12H18N2O/c1-10(2)8-11(14-13)9-15-12-6-4-3-5-7-12/h3-8,11,14H,9,13H2,1-2H3. The quantitative estimate of drug-likeness (QED) is 0.439. The van der Waals surface area contributed by atoms with Gasteiger partial charge >= 0.3 is 0 Å². The average molecular weight is 206 g/mol. The summed E-state index contributed by atoms with van der Waals surface area (Å²) in [7, 11) is 0. The van der Waals surface area contributed by atoms with E-state index in [2.05, 4.69) is 5.43 Å².